The second kappa shape index (κ2) is 6.79. The molecule has 100 valence electrons. The number of aryl methyl sites for hydroxylation is 1. The average molecular weight is 248 g/mol. The summed E-state index contributed by atoms with van der Waals surface area (Å²) in [5.41, 5.74) is 1.24. The topological polar surface area (TPSA) is 29.5 Å². The van der Waals surface area contributed by atoms with Gasteiger partial charge in [0.1, 0.15) is 5.75 Å². The van der Waals surface area contributed by atoms with Gasteiger partial charge in [0.25, 0.3) is 0 Å². The van der Waals surface area contributed by atoms with Gasteiger partial charge in [0.05, 0.1) is 6.61 Å². The summed E-state index contributed by atoms with van der Waals surface area (Å²) in [6, 6.07) is 8.13. The van der Waals surface area contributed by atoms with Crippen LogP contribution in [0.3, 0.4) is 0 Å². The molecule has 1 aromatic rings. The van der Waals surface area contributed by atoms with Gasteiger partial charge in [0, 0.05) is 12.5 Å². The Morgan fingerprint density at radius 3 is 2.44 bits per heavy atom. The van der Waals surface area contributed by atoms with Crippen LogP contribution in [-0.4, -0.2) is 18.3 Å². The SMILES string of the molecule is Cc1ccc(OCC(CO)C2CCCCC2)cc1. The predicted molar refractivity (Wildman–Crippen MR) is 73.8 cm³/mol. The fourth-order valence-electron chi connectivity index (χ4n) is 2.78. The van der Waals surface area contributed by atoms with Gasteiger partial charge >= 0.3 is 0 Å². The van der Waals surface area contributed by atoms with E-state index in [0.29, 0.717) is 18.4 Å². The number of aliphatic hydroxyl groups is 1. The number of aliphatic hydroxyl groups excluding tert-OH is 1. The van der Waals surface area contributed by atoms with Gasteiger partial charge in [-0.05, 0) is 37.8 Å². The van der Waals surface area contributed by atoms with E-state index in [1.807, 2.05) is 12.1 Å². The molecule has 1 fully saturated rings. The Hall–Kier alpha value is -1.02. The third kappa shape index (κ3) is 3.74. The molecule has 0 amide bonds. The Bertz CT molecular complexity index is 339. The summed E-state index contributed by atoms with van der Waals surface area (Å²) in [5, 5.41) is 9.52. The minimum atomic E-state index is 0.247. The quantitative estimate of drug-likeness (QED) is 0.863. The summed E-state index contributed by atoms with van der Waals surface area (Å²) in [7, 11) is 0. The molecule has 0 aromatic heterocycles. The van der Waals surface area contributed by atoms with Gasteiger partial charge in [-0.15, -0.1) is 0 Å². The molecular weight excluding hydrogens is 224 g/mol. The first kappa shape index (κ1) is 13.4. The smallest absolute Gasteiger partial charge is 0.119 e. The van der Waals surface area contributed by atoms with E-state index < -0.39 is 0 Å². The van der Waals surface area contributed by atoms with Crippen molar-refractivity contribution in [2.45, 2.75) is 39.0 Å². The lowest BCUT2D eigenvalue weighted by molar-refractivity contribution is 0.0983. The van der Waals surface area contributed by atoms with E-state index >= 15 is 0 Å². The van der Waals surface area contributed by atoms with Crippen LogP contribution in [0, 0.1) is 18.8 Å². The highest BCUT2D eigenvalue weighted by Crippen LogP contribution is 2.30. The Morgan fingerprint density at radius 1 is 1.17 bits per heavy atom. The van der Waals surface area contributed by atoms with Gasteiger partial charge in [-0.1, -0.05) is 37.0 Å². The summed E-state index contributed by atoms with van der Waals surface area (Å²) < 4.78 is 5.81. The fourth-order valence-corrected chi connectivity index (χ4v) is 2.78. The van der Waals surface area contributed by atoms with Gasteiger partial charge in [-0.3, -0.25) is 0 Å². The second-order valence-corrected chi connectivity index (χ2v) is 5.46. The van der Waals surface area contributed by atoms with Crippen molar-refractivity contribution >= 4 is 0 Å². The van der Waals surface area contributed by atoms with Gasteiger partial charge in [0.15, 0.2) is 0 Å². The zero-order valence-electron chi connectivity index (χ0n) is 11.3. The molecule has 0 aliphatic heterocycles. The van der Waals surface area contributed by atoms with E-state index in [1.54, 1.807) is 0 Å². The van der Waals surface area contributed by atoms with E-state index in [-0.39, 0.29) is 6.61 Å². The predicted octanol–water partition coefficient (Wildman–Crippen LogP) is 3.56. The van der Waals surface area contributed by atoms with Crippen LogP contribution in [0.1, 0.15) is 37.7 Å². The van der Waals surface area contributed by atoms with Gasteiger partial charge < -0.3 is 9.84 Å². The highest BCUT2D eigenvalue weighted by atomic mass is 16.5. The molecule has 2 rings (SSSR count). The number of benzene rings is 1. The molecule has 0 bridgehead atoms. The number of ether oxygens (including phenoxy) is 1. The number of hydrogen-bond donors (Lipinski definition) is 1. The highest BCUT2D eigenvalue weighted by Gasteiger charge is 2.23. The van der Waals surface area contributed by atoms with E-state index in [0.717, 1.165) is 5.75 Å². The molecule has 1 aromatic carbocycles. The molecule has 1 unspecified atom stereocenters. The molecular formula is C16H24O2. The maximum atomic E-state index is 9.52. The van der Waals surface area contributed by atoms with Crippen LogP contribution in [-0.2, 0) is 0 Å². The monoisotopic (exact) mass is 248 g/mol. The molecule has 2 heteroatoms. The summed E-state index contributed by atoms with van der Waals surface area (Å²) in [4.78, 5) is 0. The first-order chi connectivity index (χ1) is 8.79. The Morgan fingerprint density at radius 2 is 1.83 bits per heavy atom. The molecule has 0 radical (unpaired) electrons. The molecule has 18 heavy (non-hydrogen) atoms. The molecule has 1 aliphatic carbocycles. The maximum Gasteiger partial charge on any atom is 0.119 e. The summed E-state index contributed by atoms with van der Waals surface area (Å²) in [6.45, 7) is 2.96. The molecule has 0 saturated heterocycles. The van der Waals surface area contributed by atoms with Crippen molar-refractivity contribution in [2.75, 3.05) is 13.2 Å². The van der Waals surface area contributed by atoms with Crippen molar-refractivity contribution in [3.05, 3.63) is 29.8 Å². The van der Waals surface area contributed by atoms with Crippen LogP contribution in [0.4, 0.5) is 0 Å². The summed E-state index contributed by atoms with van der Waals surface area (Å²) >= 11 is 0. The number of rotatable bonds is 5. The summed E-state index contributed by atoms with van der Waals surface area (Å²) in [5.74, 6) is 1.86. The number of hydrogen-bond acceptors (Lipinski definition) is 2. The van der Waals surface area contributed by atoms with Crippen molar-refractivity contribution in [1.82, 2.24) is 0 Å². The summed E-state index contributed by atoms with van der Waals surface area (Å²) in [6.07, 6.45) is 6.48. The first-order valence-corrected chi connectivity index (χ1v) is 7.10. The van der Waals surface area contributed by atoms with E-state index in [2.05, 4.69) is 19.1 Å². The molecule has 1 atom stereocenters. The van der Waals surface area contributed by atoms with Crippen molar-refractivity contribution in [3.8, 4) is 5.75 Å². The first-order valence-electron chi connectivity index (χ1n) is 7.10. The van der Waals surface area contributed by atoms with Crippen molar-refractivity contribution in [2.24, 2.45) is 11.8 Å². The largest absolute Gasteiger partial charge is 0.493 e. The minimum absolute atomic E-state index is 0.247. The lowest BCUT2D eigenvalue weighted by atomic mass is 9.81. The van der Waals surface area contributed by atoms with Crippen LogP contribution >= 0.6 is 0 Å². The maximum absolute atomic E-state index is 9.52. The van der Waals surface area contributed by atoms with Crippen molar-refractivity contribution < 1.29 is 9.84 Å². The normalized spacial score (nSPS) is 18.6. The van der Waals surface area contributed by atoms with Crippen LogP contribution in [0.25, 0.3) is 0 Å². The highest BCUT2D eigenvalue weighted by molar-refractivity contribution is 5.26. The Balaban J connectivity index is 1.84. The standard InChI is InChI=1S/C16H24O2/c1-13-7-9-16(10-8-13)18-12-15(11-17)14-5-3-2-4-6-14/h7-10,14-15,17H,2-6,11-12H2,1H3. The van der Waals surface area contributed by atoms with Crippen LogP contribution in [0.5, 0.6) is 5.75 Å². The van der Waals surface area contributed by atoms with Gasteiger partial charge in [0.2, 0.25) is 0 Å². The lowest BCUT2D eigenvalue weighted by Gasteiger charge is -2.28. The molecule has 1 N–H and O–H groups in total. The molecule has 2 nitrogen and oxygen atoms in total. The molecule has 1 aliphatic rings. The Labute approximate surface area is 110 Å². The zero-order chi connectivity index (χ0) is 12.8. The molecule has 1 saturated carbocycles. The van der Waals surface area contributed by atoms with Crippen molar-refractivity contribution in [3.63, 3.8) is 0 Å². The minimum Gasteiger partial charge on any atom is -0.493 e. The molecule has 0 spiro atoms. The van der Waals surface area contributed by atoms with E-state index in [4.69, 9.17) is 4.74 Å². The van der Waals surface area contributed by atoms with E-state index in [9.17, 15) is 5.11 Å². The average Bonchev–Trinajstić information content (AvgIpc) is 2.43. The lowest BCUT2D eigenvalue weighted by Crippen LogP contribution is -2.26. The van der Waals surface area contributed by atoms with Crippen LogP contribution in [0.2, 0.25) is 0 Å². The van der Waals surface area contributed by atoms with Gasteiger partial charge in [-0.25, -0.2) is 0 Å². The van der Waals surface area contributed by atoms with Gasteiger partial charge in [-0.2, -0.15) is 0 Å². The van der Waals surface area contributed by atoms with Crippen molar-refractivity contribution in [1.29, 1.82) is 0 Å². The van der Waals surface area contributed by atoms with E-state index in [1.165, 1.54) is 37.7 Å². The molecule has 0 heterocycles. The third-order valence-electron chi connectivity index (χ3n) is 4.04. The Kier molecular flexibility index (Phi) is 5.06. The fraction of sp³-hybridized carbons (Fsp3) is 0.625. The third-order valence-corrected chi connectivity index (χ3v) is 4.04. The van der Waals surface area contributed by atoms with Crippen LogP contribution < -0.4 is 4.74 Å². The second-order valence-electron chi connectivity index (χ2n) is 5.46. The van der Waals surface area contributed by atoms with Crippen LogP contribution in [0.15, 0.2) is 24.3 Å². The zero-order valence-corrected chi connectivity index (χ0v) is 11.3.